The Bertz CT molecular complexity index is 4090. The van der Waals surface area contributed by atoms with Gasteiger partial charge >= 0.3 is 0 Å². The SMILES string of the molecule is CCC1=C(CC)c2cc3[nH]c(c(C#CC#Cc4c5nc(cc6[nH]c(cc7[nH]c(cc8nc4[C@H](CC)[C@H]8CC)c(CC)c7CC)c(CC)c6CC)C(CC)=C5CC)c4nc(cc5[nH]c(cc1n2)c(CC)c5CC)[C@H](CC)[C@H]4CC)c(CC)c3CC. The topological polar surface area (TPSA) is 115 Å². The Hall–Kier alpha value is -7.16. The molecule has 84 heavy (non-hydrogen) atoms. The third-order valence-corrected chi connectivity index (χ3v) is 19.6. The first-order valence-corrected chi connectivity index (χ1v) is 33.0. The third-order valence-electron chi connectivity index (χ3n) is 19.6. The van der Waals surface area contributed by atoms with Gasteiger partial charge in [0, 0.05) is 73.7 Å². The number of hydrogen-bond acceptors (Lipinski definition) is 4. The molecule has 4 aliphatic heterocycles. The van der Waals surface area contributed by atoms with E-state index in [1.165, 1.54) is 83.4 Å². The van der Waals surface area contributed by atoms with Crippen molar-refractivity contribution in [1.29, 1.82) is 0 Å². The van der Waals surface area contributed by atoms with Crippen molar-refractivity contribution in [3.63, 3.8) is 0 Å². The van der Waals surface area contributed by atoms with E-state index in [4.69, 9.17) is 19.9 Å². The van der Waals surface area contributed by atoms with Gasteiger partial charge in [0.05, 0.1) is 50.8 Å². The van der Waals surface area contributed by atoms with E-state index < -0.39 is 0 Å². The molecular weight excluding hydrogens is 1020 g/mol. The Morgan fingerprint density at radius 3 is 1.01 bits per heavy atom. The summed E-state index contributed by atoms with van der Waals surface area (Å²) in [6.07, 6.45) is 14.6. The molecule has 0 fully saturated rings. The summed E-state index contributed by atoms with van der Waals surface area (Å²) in [7, 11) is 0. The minimum atomic E-state index is 0.157. The molecule has 6 aromatic rings. The van der Waals surface area contributed by atoms with Gasteiger partial charge in [-0.3, -0.25) is 9.97 Å². The largest absolute Gasteiger partial charge is 0.355 e. The fraction of sp³-hybridized carbons (Fsp3) is 0.474. The average Bonchev–Trinajstić information content (AvgIpc) is 4.59. The first-order valence-electron chi connectivity index (χ1n) is 33.0. The van der Waals surface area contributed by atoms with Crippen molar-refractivity contribution in [3.8, 4) is 23.7 Å². The zero-order valence-corrected chi connectivity index (χ0v) is 53.9. The second-order valence-corrected chi connectivity index (χ2v) is 23.5. The highest BCUT2D eigenvalue weighted by atomic mass is 14.8. The van der Waals surface area contributed by atoms with Gasteiger partial charge in [-0.2, -0.15) is 0 Å². The fourth-order valence-electron chi connectivity index (χ4n) is 15.7. The predicted octanol–water partition coefficient (Wildman–Crippen LogP) is 19.7. The van der Waals surface area contributed by atoms with Crippen LogP contribution >= 0.6 is 0 Å². The van der Waals surface area contributed by atoms with Crippen molar-refractivity contribution in [3.05, 3.63) is 138 Å². The normalized spacial score (nSPS) is 16.8. The molecule has 0 aliphatic carbocycles. The summed E-state index contributed by atoms with van der Waals surface area (Å²) in [6, 6.07) is 14.1. The molecule has 4 atom stereocenters. The van der Waals surface area contributed by atoms with Crippen LogP contribution < -0.4 is 0 Å². The summed E-state index contributed by atoms with van der Waals surface area (Å²) in [5.74, 6) is 15.6. The van der Waals surface area contributed by atoms with Crippen LogP contribution in [0, 0.1) is 23.7 Å². The molecule has 0 radical (unpaired) electrons. The molecule has 438 valence electrons. The smallest absolute Gasteiger partial charge is 0.0847 e. The first kappa shape index (κ1) is 60.0. The van der Waals surface area contributed by atoms with Crippen LogP contribution in [0.5, 0.6) is 0 Å². The van der Waals surface area contributed by atoms with Gasteiger partial charge < -0.3 is 19.9 Å². The van der Waals surface area contributed by atoms with E-state index >= 15 is 0 Å². The highest BCUT2D eigenvalue weighted by Crippen LogP contribution is 2.47. The standard InChI is InChI=1S/C76H94N8/c1-17-43-47(21-5)65-39-69-51(25-9)55(29-13)73(81-69)59(74-56(30-14)52(26-10)70(82-74)40-66-48(22-6)44(18-2)62(78-66)37-61(43)77-65)35-33-34-36-60-75-57(31-15)53(27-11)71(83-75)41-67-49(23-7)45(19-3)63(79-67)38-64-46(20-4)50(24-8)68(80-64)42-72-54(28-12)58(32-16)76(60)84-72/h37-42,51,53,55,57,77-79,84H,17-32H2,1-16H3/t51-,53-,55-,57-/m1/s1. The molecule has 6 aromatic heterocycles. The van der Waals surface area contributed by atoms with E-state index in [0.717, 1.165) is 187 Å². The van der Waals surface area contributed by atoms with Crippen LogP contribution in [0.2, 0.25) is 0 Å². The van der Waals surface area contributed by atoms with Crippen LogP contribution in [0.3, 0.4) is 0 Å². The molecule has 8 heteroatoms. The zero-order valence-electron chi connectivity index (χ0n) is 53.9. The van der Waals surface area contributed by atoms with Crippen molar-refractivity contribution in [2.75, 3.05) is 0 Å². The maximum Gasteiger partial charge on any atom is 0.0847 e. The van der Waals surface area contributed by atoms with Crippen molar-refractivity contribution in [2.45, 2.75) is 237 Å². The molecule has 8 nitrogen and oxygen atoms in total. The highest BCUT2D eigenvalue weighted by molar-refractivity contribution is 5.96. The fourth-order valence-corrected chi connectivity index (χ4v) is 15.7. The molecule has 0 saturated heterocycles. The lowest BCUT2D eigenvalue weighted by Crippen LogP contribution is -2.06. The van der Waals surface area contributed by atoms with Crippen molar-refractivity contribution >= 4 is 66.4 Å². The van der Waals surface area contributed by atoms with Gasteiger partial charge in [-0.1, -0.05) is 111 Å². The van der Waals surface area contributed by atoms with Gasteiger partial charge in [0.15, 0.2) is 0 Å². The summed E-state index contributed by atoms with van der Waals surface area (Å²) in [6.45, 7) is 36.7. The minimum Gasteiger partial charge on any atom is -0.355 e. The quantitative estimate of drug-likeness (QED) is 0.0723. The van der Waals surface area contributed by atoms with Gasteiger partial charge in [-0.15, -0.1) is 0 Å². The number of nitrogens with one attached hydrogen (secondary N) is 4. The molecule has 0 spiro atoms. The second-order valence-electron chi connectivity index (χ2n) is 23.5. The summed E-state index contributed by atoms with van der Waals surface area (Å²) >= 11 is 0. The number of H-pyrrole nitrogens is 4. The van der Waals surface area contributed by atoms with Gasteiger partial charge in [0.25, 0.3) is 0 Å². The zero-order chi connectivity index (χ0) is 59.7. The average molecular weight is 1120 g/mol. The van der Waals surface area contributed by atoms with Crippen LogP contribution in [0.25, 0.3) is 66.4 Å². The monoisotopic (exact) mass is 1120 g/mol. The molecular formula is C76H94N8. The number of aromatic amines is 4. The number of rotatable bonds is 16. The number of nitrogens with zero attached hydrogens (tertiary/aromatic N) is 4. The maximum absolute atomic E-state index is 5.80. The summed E-state index contributed by atoms with van der Waals surface area (Å²) < 4.78 is 0. The molecule has 4 aliphatic rings. The Morgan fingerprint density at radius 1 is 0.310 bits per heavy atom. The summed E-state index contributed by atoms with van der Waals surface area (Å²) in [4.78, 5) is 38.8. The van der Waals surface area contributed by atoms with Gasteiger partial charge in [-0.25, -0.2) is 9.97 Å². The van der Waals surface area contributed by atoms with Crippen LogP contribution in [0.1, 0.15) is 287 Å². The lowest BCUT2D eigenvalue weighted by molar-refractivity contribution is 0.532. The van der Waals surface area contributed by atoms with E-state index in [0.29, 0.717) is 0 Å². The molecule has 10 rings (SSSR count). The maximum atomic E-state index is 5.80. The Balaban J connectivity index is 1.35. The number of fused-ring (bicyclic) bond motifs is 16. The van der Waals surface area contributed by atoms with E-state index in [1.807, 2.05) is 0 Å². The lowest BCUT2D eigenvalue weighted by Gasteiger charge is -2.17. The van der Waals surface area contributed by atoms with Crippen LogP contribution in [0.4, 0.5) is 0 Å². The number of aromatic nitrogens is 8. The summed E-state index contributed by atoms with van der Waals surface area (Å²) in [5.41, 5.74) is 35.4. The van der Waals surface area contributed by atoms with E-state index in [-0.39, 0.29) is 23.7 Å². The van der Waals surface area contributed by atoms with Crippen molar-refractivity contribution in [2.24, 2.45) is 0 Å². The van der Waals surface area contributed by atoms with Crippen molar-refractivity contribution < 1.29 is 0 Å². The Kier molecular flexibility index (Phi) is 18.3. The van der Waals surface area contributed by atoms with Gasteiger partial charge in [0.2, 0.25) is 0 Å². The molecule has 0 saturated carbocycles. The van der Waals surface area contributed by atoms with E-state index in [9.17, 15) is 0 Å². The predicted molar refractivity (Wildman–Crippen MR) is 358 cm³/mol. The molecule has 0 amide bonds. The number of hydrogen-bond donors (Lipinski definition) is 4. The molecule has 10 heterocycles. The molecule has 16 bridgehead atoms. The van der Waals surface area contributed by atoms with Crippen LogP contribution in [-0.2, 0) is 51.4 Å². The van der Waals surface area contributed by atoms with E-state index in [2.05, 4.69) is 191 Å². The molecule has 0 unspecified atom stereocenters. The van der Waals surface area contributed by atoms with E-state index in [1.54, 1.807) is 0 Å². The highest BCUT2D eigenvalue weighted by Gasteiger charge is 2.35. The molecule has 0 aromatic carbocycles. The number of allylic oxidation sites excluding steroid dienone is 4. The van der Waals surface area contributed by atoms with Gasteiger partial charge in [0.1, 0.15) is 0 Å². The van der Waals surface area contributed by atoms with Crippen molar-refractivity contribution in [1.82, 2.24) is 39.9 Å². The summed E-state index contributed by atoms with van der Waals surface area (Å²) in [5, 5.41) is 0. The minimum absolute atomic E-state index is 0.157. The number of aryl methyl sites for hydroxylation is 8. The Morgan fingerprint density at radius 2 is 0.631 bits per heavy atom. The lowest BCUT2D eigenvalue weighted by atomic mass is 9.83. The Labute approximate surface area is 502 Å². The first-order chi connectivity index (χ1) is 40.9. The second kappa shape index (κ2) is 25.6. The molecule has 4 N–H and O–H groups in total. The van der Waals surface area contributed by atoms with Gasteiger partial charge in [-0.05, 0) is 230 Å². The third kappa shape index (κ3) is 10.2. The van der Waals surface area contributed by atoms with Crippen LogP contribution in [0.15, 0.2) is 36.4 Å². The van der Waals surface area contributed by atoms with Crippen LogP contribution in [-0.4, -0.2) is 39.9 Å².